The van der Waals surface area contributed by atoms with E-state index in [9.17, 15) is 4.39 Å². The second-order valence-corrected chi connectivity index (χ2v) is 3.44. The molecule has 0 bridgehead atoms. The Morgan fingerprint density at radius 1 is 1.50 bits per heavy atom. The number of halogens is 3. The van der Waals surface area contributed by atoms with E-state index in [-0.39, 0.29) is 11.1 Å². The van der Waals surface area contributed by atoms with Crippen molar-refractivity contribution in [2.24, 2.45) is 0 Å². The molecule has 0 aliphatic carbocycles. The summed E-state index contributed by atoms with van der Waals surface area (Å²) in [5, 5.41) is 0.260. The van der Waals surface area contributed by atoms with Gasteiger partial charge in [0.15, 0.2) is 0 Å². The van der Waals surface area contributed by atoms with Gasteiger partial charge in [0.25, 0.3) is 0 Å². The Balaban J connectivity index is 2.89. The molecule has 0 saturated carbocycles. The molecule has 0 atom stereocenters. The van der Waals surface area contributed by atoms with Gasteiger partial charge in [-0.15, -0.1) is 0 Å². The number of aromatic nitrogens is 2. The number of aromatic amines is 1. The van der Waals surface area contributed by atoms with Crippen LogP contribution in [0.4, 0.5) is 4.39 Å². The molecular formula is C7H3BrClFN2. The van der Waals surface area contributed by atoms with Gasteiger partial charge in [-0.05, 0) is 39.7 Å². The molecule has 0 fully saturated rings. The average Bonchev–Trinajstić information content (AvgIpc) is 2.39. The number of nitrogens with one attached hydrogen (secondary N) is 1. The summed E-state index contributed by atoms with van der Waals surface area (Å²) in [5.74, 6) is -0.342. The minimum Gasteiger partial charge on any atom is -0.329 e. The number of hydrogen-bond donors (Lipinski definition) is 1. The van der Waals surface area contributed by atoms with Crippen LogP contribution in [0.3, 0.4) is 0 Å². The van der Waals surface area contributed by atoms with Gasteiger partial charge >= 0.3 is 0 Å². The molecular weight excluding hydrogens is 246 g/mol. The van der Waals surface area contributed by atoms with Crippen LogP contribution >= 0.6 is 27.5 Å². The number of fused-ring (bicyclic) bond motifs is 1. The molecule has 0 amide bonds. The lowest BCUT2D eigenvalue weighted by Crippen LogP contribution is -1.78. The van der Waals surface area contributed by atoms with E-state index in [1.54, 1.807) is 6.07 Å². The summed E-state index contributed by atoms with van der Waals surface area (Å²) in [4.78, 5) is 6.68. The van der Waals surface area contributed by atoms with Gasteiger partial charge in [-0.3, -0.25) is 0 Å². The molecule has 62 valence electrons. The van der Waals surface area contributed by atoms with Crippen LogP contribution < -0.4 is 0 Å². The van der Waals surface area contributed by atoms with Crippen LogP contribution in [0.5, 0.6) is 0 Å². The summed E-state index contributed by atoms with van der Waals surface area (Å²) in [6.45, 7) is 0. The zero-order chi connectivity index (χ0) is 8.72. The van der Waals surface area contributed by atoms with Gasteiger partial charge in [0, 0.05) is 0 Å². The van der Waals surface area contributed by atoms with Crippen molar-refractivity contribution < 1.29 is 4.39 Å². The van der Waals surface area contributed by atoms with E-state index in [1.165, 1.54) is 6.07 Å². The van der Waals surface area contributed by atoms with Crippen molar-refractivity contribution in [3.05, 3.63) is 27.7 Å². The first-order chi connectivity index (χ1) is 5.68. The van der Waals surface area contributed by atoms with Crippen molar-refractivity contribution in [3.8, 4) is 0 Å². The van der Waals surface area contributed by atoms with Gasteiger partial charge in [-0.25, -0.2) is 9.37 Å². The van der Waals surface area contributed by atoms with E-state index in [1.807, 2.05) is 0 Å². The molecule has 2 aromatic rings. The van der Waals surface area contributed by atoms with Gasteiger partial charge < -0.3 is 4.98 Å². The maximum Gasteiger partial charge on any atom is 0.201 e. The second kappa shape index (κ2) is 2.71. The zero-order valence-electron chi connectivity index (χ0n) is 5.74. The number of nitrogens with zero attached hydrogens (tertiary/aromatic N) is 1. The van der Waals surface area contributed by atoms with Crippen LogP contribution in [0, 0.1) is 5.82 Å². The second-order valence-electron chi connectivity index (χ2n) is 2.29. The van der Waals surface area contributed by atoms with Gasteiger partial charge in [0.05, 0.1) is 9.99 Å². The average molecular weight is 249 g/mol. The van der Waals surface area contributed by atoms with E-state index in [0.717, 1.165) is 0 Å². The Morgan fingerprint density at radius 2 is 2.25 bits per heavy atom. The fourth-order valence-electron chi connectivity index (χ4n) is 0.987. The Kier molecular flexibility index (Phi) is 1.81. The monoisotopic (exact) mass is 248 g/mol. The lowest BCUT2D eigenvalue weighted by molar-refractivity contribution is 0.623. The predicted octanol–water partition coefficient (Wildman–Crippen LogP) is 3.12. The summed E-state index contributed by atoms with van der Waals surface area (Å²) in [5.41, 5.74) is 1.23. The third kappa shape index (κ3) is 1.11. The van der Waals surface area contributed by atoms with E-state index in [0.29, 0.717) is 15.5 Å². The molecule has 5 heteroatoms. The lowest BCUT2D eigenvalue weighted by atomic mass is 10.3. The summed E-state index contributed by atoms with van der Waals surface area (Å²) in [7, 11) is 0. The quantitative estimate of drug-likeness (QED) is 0.763. The maximum atomic E-state index is 12.9. The molecule has 0 aliphatic rings. The van der Waals surface area contributed by atoms with Crippen LogP contribution in [-0.2, 0) is 0 Å². The number of imidazole rings is 1. The Labute approximate surface area is 80.9 Å². The van der Waals surface area contributed by atoms with Crippen LogP contribution in [0.15, 0.2) is 16.6 Å². The van der Waals surface area contributed by atoms with Crippen molar-refractivity contribution in [3.63, 3.8) is 0 Å². The molecule has 0 aliphatic heterocycles. The van der Waals surface area contributed by atoms with Crippen LogP contribution in [-0.4, -0.2) is 9.97 Å². The van der Waals surface area contributed by atoms with Crippen molar-refractivity contribution in [2.75, 3.05) is 0 Å². The Hall–Kier alpha value is -0.610. The fraction of sp³-hybridized carbons (Fsp3) is 0. The normalized spacial score (nSPS) is 10.9. The van der Waals surface area contributed by atoms with Gasteiger partial charge in [0.1, 0.15) is 11.3 Å². The van der Waals surface area contributed by atoms with E-state index in [4.69, 9.17) is 11.6 Å². The summed E-state index contributed by atoms with van der Waals surface area (Å²) >= 11 is 8.68. The standard InChI is InChI=1S/C7H3BrClFN2/c8-5-3(10)1-2-4-6(5)12-7(9)11-4/h1-2H,(H,11,12). The third-order valence-electron chi connectivity index (χ3n) is 1.52. The molecule has 0 saturated heterocycles. The molecule has 2 nitrogen and oxygen atoms in total. The van der Waals surface area contributed by atoms with Gasteiger partial charge in [0.2, 0.25) is 5.28 Å². The highest BCUT2D eigenvalue weighted by Gasteiger charge is 2.08. The highest BCUT2D eigenvalue weighted by Crippen LogP contribution is 2.25. The molecule has 0 radical (unpaired) electrons. The maximum absolute atomic E-state index is 12.9. The van der Waals surface area contributed by atoms with Gasteiger partial charge in [-0.1, -0.05) is 0 Å². The molecule has 2 rings (SSSR count). The van der Waals surface area contributed by atoms with Crippen LogP contribution in [0.1, 0.15) is 0 Å². The lowest BCUT2D eigenvalue weighted by Gasteiger charge is -1.92. The summed E-state index contributed by atoms with van der Waals surface area (Å²) < 4.78 is 13.3. The Bertz CT molecular complexity index is 440. The molecule has 0 unspecified atom stereocenters. The SMILES string of the molecule is Fc1ccc2[nH]c(Cl)nc2c1Br. The largest absolute Gasteiger partial charge is 0.329 e. The first-order valence-corrected chi connectivity index (χ1v) is 4.35. The first kappa shape index (κ1) is 8.01. The number of H-pyrrole nitrogens is 1. The fourth-order valence-corrected chi connectivity index (χ4v) is 1.61. The highest BCUT2D eigenvalue weighted by molar-refractivity contribution is 9.10. The predicted molar refractivity (Wildman–Crippen MR) is 48.8 cm³/mol. The van der Waals surface area contributed by atoms with E-state index < -0.39 is 0 Å². The van der Waals surface area contributed by atoms with Crippen molar-refractivity contribution >= 4 is 38.6 Å². The minimum absolute atomic E-state index is 0.260. The summed E-state index contributed by atoms with van der Waals surface area (Å²) in [6, 6.07) is 2.94. The molecule has 1 aromatic heterocycles. The first-order valence-electron chi connectivity index (χ1n) is 3.17. The topological polar surface area (TPSA) is 28.7 Å². The van der Waals surface area contributed by atoms with Crippen molar-refractivity contribution in [1.82, 2.24) is 9.97 Å². The van der Waals surface area contributed by atoms with Crippen LogP contribution in [0.2, 0.25) is 5.28 Å². The molecule has 1 aromatic carbocycles. The van der Waals surface area contributed by atoms with E-state index in [2.05, 4.69) is 25.9 Å². The zero-order valence-corrected chi connectivity index (χ0v) is 8.08. The van der Waals surface area contributed by atoms with Crippen molar-refractivity contribution in [1.29, 1.82) is 0 Å². The molecule has 0 spiro atoms. The highest BCUT2D eigenvalue weighted by atomic mass is 79.9. The van der Waals surface area contributed by atoms with E-state index >= 15 is 0 Å². The molecule has 12 heavy (non-hydrogen) atoms. The van der Waals surface area contributed by atoms with Gasteiger partial charge in [-0.2, -0.15) is 0 Å². The molecule has 1 N–H and O–H groups in total. The number of rotatable bonds is 0. The number of benzene rings is 1. The van der Waals surface area contributed by atoms with Crippen molar-refractivity contribution in [2.45, 2.75) is 0 Å². The summed E-state index contributed by atoms with van der Waals surface area (Å²) in [6.07, 6.45) is 0. The third-order valence-corrected chi connectivity index (χ3v) is 2.45. The minimum atomic E-state index is -0.342. The molecule has 1 heterocycles. The van der Waals surface area contributed by atoms with Crippen LogP contribution in [0.25, 0.3) is 11.0 Å². The number of hydrogen-bond acceptors (Lipinski definition) is 1. The smallest absolute Gasteiger partial charge is 0.201 e. The Morgan fingerprint density at radius 3 is 3.00 bits per heavy atom.